The summed E-state index contributed by atoms with van der Waals surface area (Å²) in [5.41, 5.74) is 0. The molecule has 0 saturated carbocycles. The van der Waals surface area contributed by atoms with Crippen LogP contribution >= 0.6 is 12.2 Å². The molecule has 3 rings (SSSR count). The summed E-state index contributed by atoms with van der Waals surface area (Å²) < 4.78 is 5.96. The second-order valence-corrected chi connectivity index (χ2v) is 6.99. The summed E-state index contributed by atoms with van der Waals surface area (Å²) in [4.78, 5) is 11.5. The third-order valence-electron chi connectivity index (χ3n) is 4.35. The quantitative estimate of drug-likeness (QED) is 0.717. The third kappa shape index (κ3) is 6.06. The first-order valence-electron chi connectivity index (χ1n) is 9.66. The van der Waals surface area contributed by atoms with E-state index in [1.165, 1.54) is 25.7 Å². The van der Waals surface area contributed by atoms with Crippen molar-refractivity contribution in [1.82, 2.24) is 15.3 Å². The molecule has 6 nitrogen and oxygen atoms in total. The van der Waals surface area contributed by atoms with Gasteiger partial charge in [0.15, 0.2) is 5.11 Å². The fraction of sp³-hybridized carbons (Fsp3) is 0.450. The number of hydrogen-bond donors (Lipinski definition) is 2. The average molecular weight is 386 g/mol. The molecule has 2 N–H and O–H groups in total. The molecule has 0 aliphatic carbocycles. The maximum absolute atomic E-state index is 5.96. The smallest absolute Gasteiger partial charge is 0.234 e. The molecular formula is C20H27N5OS. The van der Waals surface area contributed by atoms with Crippen molar-refractivity contribution in [3.8, 4) is 11.6 Å². The van der Waals surface area contributed by atoms with Gasteiger partial charge in [-0.05, 0) is 43.6 Å². The van der Waals surface area contributed by atoms with Crippen molar-refractivity contribution in [2.24, 2.45) is 0 Å². The minimum Gasteiger partial charge on any atom is -0.439 e. The molecule has 1 aromatic heterocycles. The van der Waals surface area contributed by atoms with Crippen LogP contribution < -0.4 is 20.3 Å². The minimum absolute atomic E-state index is 0.455. The van der Waals surface area contributed by atoms with Gasteiger partial charge < -0.3 is 20.3 Å². The molecular weight excluding hydrogens is 358 g/mol. The van der Waals surface area contributed by atoms with Crippen molar-refractivity contribution in [2.75, 3.05) is 29.9 Å². The summed E-state index contributed by atoms with van der Waals surface area (Å²) >= 11 is 5.34. The molecule has 0 spiro atoms. The van der Waals surface area contributed by atoms with Crippen molar-refractivity contribution in [3.63, 3.8) is 0 Å². The van der Waals surface area contributed by atoms with Crippen molar-refractivity contribution >= 4 is 29.1 Å². The van der Waals surface area contributed by atoms with E-state index in [0.717, 1.165) is 37.6 Å². The van der Waals surface area contributed by atoms with Crippen LogP contribution in [0.4, 0.5) is 11.8 Å². The largest absolute Gasteiger partial charge is 0.439 e. The van der Waals surface area contributed by atoms with Gasteiger partial charge in [0.05, 0.1) is 0 Å². The van der Waals surface area contributed by atoms with Crippen LogP contribution in [0.1, 0.15) is 39.0 Å². The van der Waals surface area contributed by atoms with Gasteiger partial charge in [0.1, 0.15) is 11.6 Å². The van der Waals surface area contributed by atoms with E-state index >= 15 is 0 Å². The van der Waals surface area contributed by atoms with E-state index in [1.807, 2.05) is 36.4 Å². The summed E-state index contributed by atoms with van der Waals surface area (Å²) in [5, 5.41) is 6.76. The van der Waals surface area contributed by atoms with Gasteiger partial charge in [-0.3, -0.25) is 0 Å². The molecule has 7 heteroatoms. The number of thiocarbonyl (C=S) groups is 1. The Kier molecular flexibility index (Phi) is 7.21. The Morgan fingerprint density at radius 1 is 1.11 bits per heavy atom. The van der Waals surface area contributed by atoms with Crippen molar-refractivity contribution in [3.05, 3.63) is 36.4 Å². The highest BCUT2D eigenvalue weighted by atomic mass is 32.1. The van der Waals surface area contributed by atoms with Crippen LogP contribution in [0, 0.1) is 0 Å². The van der Waals surface area contributed by atoms with E-state index < -0.39 is 0 Å². The van der Waals surface area contributed by atoms with Crippen molar-refractivity contribution < 1.29 is 4.74 Å². The Balaban J connectivity index is 1.83. The topological polar surface area (TPSA) is 62.3 Å². The lowest BCUT2D eigenvalue weighted by Gasteiger charge is -2.22. The van der Waals surface area contributed by atoms with Gasteiger partial charge >= 0.3 is 0 Å². The highest BCUT2D eigenvalue weighted by Gasteiger charge is 2.15. The van der Waals surface area contributed by atoms with E-state index in [4.69, 9.17) is 17.0 Å². The van der Waals surface area contributed by atoms with E-state index in [0.29, 0.717) is 16.9 Å². The highest BCUT2D eigenvalue weighted by molar-refractivity contribution is 7.80. The van der Waals surface area contributed by atoms with E-state index in [1.54, 1.807) is 0 Å². The first kappa shape index (κ1) is 19.4. The average Bonchev–Trinajstić information content (AvgIpc) is 2.96. The molecule has 0 bridgehead atoms. The van der Waals surface area contributed by atoms with E-state index in [-0.39, 0.29) is 0 Å². The molecule has 27 heavy (non-hydrogen) atoms. The molecule has 2 aromatic rings. The molecule has 0 unspecified atom stereocenters. The molecule has 0 atom stereocenters. The van der Waals surface area contributed by atoms with Gasteiger partial charge in [-0.15, -0.1) is 0 Å². The molecule has 1 saturated heterocycles. The van der Waals surface area contributed by atoms with Crippen molar-refractivity contribution in [1.29, 1.82) is 0 Å². The lowest BCUT2D eigenvalue weighted by Crippen LogP contribution is -2.30. The summed E-state index contributed by atoms with van der Waals surface area (Å²) in [7, 11) is 0. The third-order valence-corrected chi connectivity index (χ3v) is 4.59. The number of nitrogens with one attached hydrogen (secondary N) is 2. The fourth-order valence-electron chi connectivity index (χ4n) is 2.98. The van der Waals surface area contributed by atoms with Crippen LogP contribution in [0.25, 0.3) is 0 Å². The first-order valence-corrected chi connectivity index (χ1v) is 10.1. The second-order valence-electron chi connectivity index (χ2n) is 6.59. The molecule has 1 aliphatic heterocycles. The van der Waals surface area contributed by atoms with Crippen LogP contribution in [-0.2, 0) is 0 Å². The molecule has 1 fully saturated rings. The zero-order valence-corrected chi connectivity index (χ0v) is 16.6. The first-order chi connectivity index (χ1) is 13.2. The predicted octanol–water partition coefficient (Wildman–Crippen LogP) is 4.35. The number of rotatable bonds is 6. The Labute approximate surface area is 166 Å². The lowest BCUT2D eigenvalue weighted by molar-refractivity contribution is 0.462. The number of nitrogens with zero attached hydrogens (tertiary/aromatic N) is 3. The molecule has 1 aromatic carbocycles. The Morgan fingerprint density at radius 3 is 2.56 bits per heavy atom. The number of para-hydroxylation sites is 1. The number of ether oxygens (including phenoxy) is 1. The standard InChI is InChI=1S/C20H27N5OS/c1-2-12-21-20(27)24-19-22-17(25-13-8-3-4-9-14-25)15-18(23-19)26-16-10-6-5-7-11-16/h5-7,10-11,15H,2-4,8-9,12-14H2,1H3,(H2,21,22,23,24,27). The van der Waals surface area contributed by atoms with Gasteiger partial charge in [0.2, 0.25) is 11.8 Å². The molecule has 144 valence electrons. The number of anilines is 2. The summed E-state index contributed by atoms with van der Waals surface area (Å²) in [6, 6.07) is 11.6. The van der Waals surface area contributed by atoms with Gasteiger partial charge in [-0.25, -0.2) is 0 Å². The Hall–Kier alpha value is -2.41. The Bertz CT molecular complexity index is 732. The lowest BCUT2D eigenvalue weighted by atomic mass is 10.2. The molecule has 2 heterocycles. The van der Waals surface area contributed by atoms with Crippen LogP contribution in [-0.4, -0.2) is 34.7 Å². The minimum atomic E-state index is 0.455. The van der Waals surface area contributed by atoms with Crippen molar-refractivity contribution in [2.45, 2.75) is 39.0 Å². The van der Waals surface area contributed by atoms with E-state index in [2.05, 4.69) is 32.4 Å². The van der Waals surface area contributed by atoms with Crippen LogP contribution in [0.15, 0.2) is 36.4 Å². The fourth-order valence-corrected chi connectivity index (χ4v) is 3.17. The van der Waals surface area contributed by atoms with Gasteiger partial charge in [-0.2, -0.15) is 9.97 Å². The van der Waals surface area contributed by atoms with Crippen LogP contribution in [0.2, 0.25) is 0 Å². The normalized spacial score (nSPS) is 14.3. The van der Waals surface area contributed by atoms with Crippen LogP contribution in [0.5, 0.6) is 11.6 Å². The Morgan fingerprint density at radius 2 is 1.85 bits per heavy atom. The number of aromatic nitrogens is 2. The number of benzene rings is 1. The van der Waals surface area contributed by atoms with Gasteiger partial charge in [-0.1, -0.05) is 38.0 Å². The SMILES string of the molecule is CCCNC(=S)Nc1nc(Oc2ccccc2)cc(N2CCCCCC2)n1. The zero-order chi connectivity index (χ0) is 18.9. The zero-order valence-electron chi connectivity index (χ0n) is 15.8. The maximum Gasteiger partial charge on any atom is 0.234 e. The second kappa shape index (κ2) is 10.1. The highest BCUT2D eigenvalue weighted by Crippen LogP contribution is 2.26. The summed E-state index contributed by atoms with van der Waals surface area (Å²) in [5.74, 6) is 2.58. The predicted molar refractivity (Wildman–Crippen MR) is 114 cm³/mol. The molecule has 1 aliphatic rings. The van der Waals surface area contributed by atoms with E-state index in [9.17, 15) is 0 Å². The van der Waals surface area contributed by atoms with Gasteiger partial charge in [0.25, 0.3) is 0 Å². The summed E-state index contributed by atoms with van der Waals surface area (Å²) in [6.45, 7) is 4.91. The maximum atomic E-state index is 5.96. The molecule has 0 radical (unpaired) electrons. The summed E-state index contributed by atoms with van der Waals surface area (Å²) in [6.07, 6.45) is 5.89. The molecule has 0 amide bonds. The number of hydrogen-bond acceptors (Lipinski definition) is 5. The van der Waals surface area contributed by atoms with Gasteiger partial charge in [0, 0.05) is 25.7 Å². The monoisotopic (exact) mass is 385 g/mol. The van der Waals surface area contributed by atoms with Crippen LogP contribution in [0.3, 0.4) is 0 Å².